The highest BCUT2D eigenvalue weighted by Crippen LogP contribution is 2.47. The highest BCUT2D eigenvalue weighted by atomic mass is 35.5. The normalized spacial score (nSPS) is 13.5. The highest BCUT2D eigenvalue weighted by molar-refractivity contribution is 7.18. The first-order valence-corrected chi connectivity index (χ1v) is 10.6. The van der Waals surface area contributed by atoms with Gasteiger partial charge in [0.05, 0.1) is 30.2 Å². The van der Waals surface area contributed by atoms with E-state index in [-0.39, 0.29) is 16.9 Å². The number of fused-ring (bicyclic) bond motifs is 1. The Balaban J connectivity index is 1.69. The molecule has 0 saturated carbocycles. The molecule has 1 aliphatic heterocycles. The van der Waals surface area contributed by atoms with Crippen LogP contribution < -0.4 is 15.0 Å². The number of nitrogens with one attached hydrogen (secondary N) is 1. The third-order valence-corrected chi connectivity index (χ3v) is 6.52. The minimum atomic E-state index is -0.483. The van der Waals surface area contributed by atoms with E-state index in [4.69, 9.17) is 32.7 Å². The lowest BCUT2D eigenvalue weighted by atomic mass is 10.1. The van der Waals surface area contributed by atoms with Crippen molar-refractivity contribution in [3.8, 4) is 11.5 Å². The number of benzene rings is 2. The van der Waals surface area contributed by atoms with Gasteiger partial charge in [-0.05, 0) is 19.1 Å². The molecule has 2 N–H and O–H groups in total. The summed E-state index contributed by atoms with van der Waals surface area (Å²) >= 11 is 13.6. The van der Waals surface area contributed by atoms with Gasteiger partial charge in [0.15, 0.2) is 4.88 Å². The van der Waals surface area contributed by atoms with Gasteiger partial charge >= 0.3 is 5.97 Å². The van der Waals surface area contributed by atoms with Crippen LogP contribution in [0.5, 0.6) is 11.5 Å². The standard InChI is InChI=1S/C21H18Cl2N2O4S/c1-11(12-5-3-4-6-13(12)22)29-18-9-19(30-20(18)21(27)28-2)25-10-24-15-8-17(26)14(23)7-16(15)25/h3-9,11,24,26H,10H2,1-2H3/t11-/m1/s1. The summed E-state index contributed by atoms with van der Waals surface area (Å²) in [4.78, 5) is 14.7. The number of esters is 1. The van der Waals surface area contributed by atoms with Gasteiger partial charge in [-0.15, -0.1) is 11.3 Å². The van der Waals surface area contributed by atoms with E-state index in [2.05, 4.69) is 5.32 Å². The predicted octanol–water partition coefficient (Wildman–Crippen LogP) is 6.21. The maximum absolute atomic E-state index is 12.4. The van der Waals surface area contributed by atoms with E-state index in [1.165, 1.54) is 18.4 Å². The Hall–Kier alpha value is -2.61. The number of nitrogens with zero attached hydrogens (tertiary/aromatic N) is 1. The van der Waals surface area contributed by atoms with E-state index in [1.807, 2.05) is 30.0 Å². The number of carbonyl (C=O) groups excluding carboxylic acids is 1. The molecule has 156 valence electrons. The second-order valence-corrected chi connectivity index (χ2v) is 8.48. The number of carbonyl (C=O) groups is 1. The number of phenols is 1. The lowest BCUT2D eigenvalue weighted by Gasteiger charge is -2.17. The zero-order valence-corrected chi connectivity index (χ0v) is 18.4. The number of methoxy groups -OCH3 is 1. The summed E-state index contributed by atoms with van der Waals surface area (Å²) in [5.41, 5.74) is 2.36. The van der Waals surface area contributed by atoms with Crippen molar-refractivity contribution in [1.82, 2.24) is 0 Å². The maximum Gasteiger partial charge on any atom is 0.351 e. The predicted molar refractivity (Wildman–Crippen MR) is 120 cm³/mol. The van der Waals surface area contributed by atoms with Crippen LogP contribution in [0, 0.1) is 0 Å². The Morgan fingerprint density at radius 1 is 1.23 bits per heavy atom. The van der Waals surface area contributed by atoms with Gasteiger partial charge in [-0.3, -0.25) is 0 Å². The van der Waals surface area contributed by atoms with Crippen molar-refractivity contribution in [2.24, 2.45) is 0 Å². The Morgan fingerprint density at radius 2 is 2.00 bits per heavy atom. The summed E-state index contributed by atoms with van der Waals surface area (Å²) in [7, 11) is 1.33. The van der Waals surface area contributed by atoms with Crippen molar-refractivity contribution in [2.75, 3.05) is 24.0 Å². The van der Waals surface area contributed by atoms with E-state index in [1.54, 1.807) is 24.3 Å². The summed E-state index contributed by atoms with van der Waals surface area (Å²) in [5.74, 6) is -0.0693. The Bertz CT molecular complexity index is 1120. The van der Waals surface area contributed by atoms with Crippen molar-refractivity contribution >= 4 is 56.9 Å². The topological polar surface area (TPSA) is 71.0 Å². The van der Waals surface area contributed by atoms with Crippen LogP contribution in [0.2, 0.25) is 10.0 Å². The fourth-order valence-electron chi connectivity index (χ4n) is 3.24. The molecular weight excluding hydrogens is 447 g/mol. The number of thiophene rings is 1. The zero-order chi connectivity index (χ0) is 21.4. The fourth-order valence-corrected chi connectivity index (χ4v) is 4.71. The second kappa shape index (κ2) is 8.26. The number of aromatic hydroxyl groups is 1. The molecule has 6 nitrogen and oxygen atoms in total. The summed E-state index contributed by atoms with van der Waals surface area (Å²) in [6.07, 6.45) is -0.375. The van der Waals surface area contributed by atoms with Crippen molar-refractivity contribution in [1.29, 1.82) is 0 Å². The summed E-state index contributed by atoms with van der Waals surface area (Å²) in [6.45, 7) is 2.32. The van der Waals surface area contributed by atoms with E-state index in [0.717, 1.165) is 21.9 Å². The largest absolute Gasteiger partial charge is 0.506 e. The molecule has 2 aromatic carbocycles. The van der Waals surface area contributed by atoms with Gasteiger partial charge in [0.1, 0.15) is 22.6 Å². The van der Waals surface area contributed by atoms with Crippen LogP contribution in [-0.2, 0) is 4.74 Å². The average Bonchev–Trinajstić information content (AvgIpc) is 3.32. The maximum atomic E-state index is 12.4. The van der Waals surface area contributed by atoms with Crippen LogP contribution in [0.1, 0.15) is 28.3 Å². The first kappa shape index (κ1) is 20.7. The molecule has 1 atom stereocenters. The minimum absolute atomic E-state index is 0.00350. The van der Waals surface area contributed by atoms with Gasteiger partial charge in [0, 0.05) is 22.7 Å². The SMILES string of the molecule is COC(=O)c1sc(N2CNc3cc(O)c(Cl)cc32)cc1O[C@H](C)c1ccccc1Cl. The molecule has 9 heteroatoms. The van der Waals surface area contributed by atoms with E-state index < -0.39 is 5.97 Å². The summed E-state index contributed by atoms with van der Waals surface area (Å²) < 4.78 is 11.1. The fraction of sp³-hybridized carbons (Fsp3) is 0.190. The number of hydrogen-bond donors (Lipinski definition) is 2. The summed E-state index contributed by atoms with van der Waals surface area (Å²) in [6, 6.07) is 12.5. The van der Waals surface area contributed by atoms with Crippen molar-refractivity contribution in [3.05, 3.63) is 63.0 Å². The molecule has 0 unspecified atom stereocenters. The third kappa shape index (κ3) is 3.76. The van der Waals surface area contributed by atoms with Crippen molar-refractivity contribution < 1.29 is 19.4 Å². The lowest BCUT2D eigenvalue weighted by molar-refractivity contribution is 0.0600. The molecule has 0 saturated heterocycles. The van der Waals surface area contributed by atoms with E-state index in [0.29, 0.717) is 22.3 Å². The lowest BCUT2D eigenvalue weighted by Crippen LogP contribution is -2.15. The highest BCUT2D eigenvalue weighted by Gasteiger charge is 2.28. The van der Waals surface area contributed by atoms with Gasteiger partial charge in [0.25, 0.3) is 0 Å². The molecule has 30 heavy (non-hydrogen) atoms. The third-order valence-electron chi connectivity index (χ3n) is 4.75. The monoisotopic (exact) mass is 464 g/mol. The van der Waals surface area contributed by atoms with Gasteiger partial charge < -0.3 is 24.8 Å². The van der Waals surface area contributed by atoms with Crippen LogP contribution in [-0.4, -0.2) is 24.9 Å². The van der Waals surface area contributed by atoms with Gasteiger partial charge in [-0.1, -0.05) is 41.4 Å². The first-order valence-electron chi connectivity index (χ1n) is 9.06. The smallest absolute Gasteiger partial charge is 0.351 e. The van der Waals surface area contributed by atoms with E-state index in [9.17, 15) is 9.90 Å². The Morgan fingerprint density at radius 3 is 2.73 bits per heavy atom. The molecule has 0 fully saturated rings. The molecular formula is C21H18Cl2N2O4S. The molecule has 3 aromatic rings. The van der Waals surface area contributed by atoms with Crippen LogP contribution in [0.4, 0.5) is 16.4 Å². The van der Waals surface area contributed by atoms with Crippen LogP contribution in [0.25, 0.3) is 0 Å². The van der Waals surface area contributed by atoms with Gasteiger partial charge in [-0.2, -0.15) is 0 Å². The average molecular weight is 465 g/mol. The first-order chi connectivity index (χ1) is 14.4. The molecule has 0 radical (unpaired) electrons. The van der Waals surface area contributed by atoms with Crippen LogP contribution in [0.15, 0.2) is 42.5 Å². The number of ether oxygens (including phenoxy) is 2. The molecule has 1 aliphatic rings. The minimum Gasteiger partial charge on any atom is -0.506 e. The summed E-state index contributed by atoms with van der Waals surface area (Å²) in [5, 5.41) is 14.6. The van der Waals surface area contributed by atoms with E-state index >= 15 is 0 Å². The number of rotatable bonds is 5. The number of anilines is 3. The molecule has 0 amide bonds. The molecule has 4 rings (SSSR count). The molecule has 2 heterocycles. The van der Waals surface area contributed by atoms with Crippen LogP contribution in [0.3, 0.4) is 0 Å². The van der Waals surface area contributed by atoms with Crippen molar-refractivity contribution in [3.63, 3.8) is 0 Å². The number of phenolic OH excluding ortho intramolecular Hbond substituents is 1. The molecule has 0 aliphatic carbocycles. The van der Waals surface area contributed by atoms with Gasteiger partial charge in [-0.25, -0.2) is 4.79 Å². The molecule has 0 bridgehead atoms. The Kier molecular flexibility index (Phi) is 5.69. The van der Waals surface area contributed by atoms with Crippen molar-refractivity contribution in [2.45, 2.75) is 13.0 Å². The quantitative estimate of drug-likeness (QED) is 0.437. The number of hydrogen-bond acceptors (Lipinski definition) is 7. The molecule has 1 aromatic heterocycles. The number of halogens is 2. The Labute approximate surface area is 187 Å². The van der Waals surface area contributed by atoms with Crippen LogP contribution >= 0.6 is 34.5 Å². The second-order valence-electron chi connectivity index (χ2n) is 6.63. The molecule has 0 spiro atoms. The zero-order valence-electron chi connectivity index (χ0n) is 16.1. The van der Waals surface area contributed by atoms with Gasteiger partial charge in [0.2, 0.25) is 0 Å².